The van der Waals surface area contributed by atoms with Gasteiger partial charge in [0.2, 0.25) is 5.91 Å². The summed E-state index contributed by atoms with van der Waals surface area (Å²) < 4.78 is 0. The number of aromatic hydroxyl groups is 1. The molecule has 2 fully saturated rings. The maximum atomic E-state index is 12.1. The fraction of sp³-hybridized carbons (Fsp3) is 0.632. The van der Waals surface area contributed by atoms with Crippen LogP contribution >= 0.6 is 0 Å². The second-order valence-electron chi connectivity index (χ2n) is 7.20. The van der Waals surface area contributed by atoms with Crippen LogP contribution in [-0.2, 0) is 11.3 Å². The maximum Gasteiger partial charge on any atom is 0.234 e. The molecule has 0 saturated carbocycles. The van der Waals surface area contributed by atoms with Gasteiger partial charge in [0.1, 0.15) is 5.75 Å². The Bertz CT molecular complexity index is 543. The van der Waals surface area contributed by atoms with Gasteiger partial charge in [-0.2, -0.15) is 0 Å². The molecule has 0 aliphatic carbocycles. The molecule has 2 aliphatic heterocycles. The summed E-state index contributed by atoms with van der Waals surface area (Å²) in [5, 5.41) is 12.7. The zero-order chi connectivity index (χ0) is 16.8. The van der Waals surface area contributed by atoms with Crippen LogP contribution < -0.4 is 5.32 Å². The monoisotopic (exact) mass is 331 g/mol. The first kappa shape index (κ1) is 17.2. The first-order chi connectivity index (χ1) is 11.7. The summed E-state index contributed by atoms with van der Waals surface area (Å²) in [6.07, 6.45) is 4.87. The van der Waals surface area contributed by atoms with Gasteiger partial charge in [0.25, 0.3) is 0 Å². The Morgan fingerprint density at radius 1 is 1.17 bits per heavy atom. The topological polar surface area (TPSA) is 55.8 Å². The molecule has 2 N–H and O–H groups in total. The number of hydrogen-bond donors (Lipinski definition) is 2. The minimum Gasteiger partial charge on any atom is -0.508 e. The summed E-state index contributed by atoms with van der Waals surface area (Å²) in [5.41, 5.74) is 1.14. The van der Waals surface area contributed by atoms with Gasteiger partial charge in [-0.3, -0.25) is 14.6 Å². The van der Waals surface area contributed by atoms with E-state index in [0.717, 1.165) is 51.3 Å². The van der Waals surface area contributed by atoms with E-state index in [-0.39, 0.29) is 5.91 Å². The van der Waals surface area contributed by atoms with Gasteiger partial charge in [-0.25, -0.2) is 0 Å². The molecule has 1 aromatic rings. The molecule has 0 radical (unpaired) electrons. The van der Waals surface area contributed by atoms with Gasteiger partial charge in [-0.1, -0.05) is 18.6 Å². The van der Waals surface area contributed by atoms with E-state index in [0.29, 0.717) is 18.2 Å². The number of carbonyl (C=O) groups is 1. The van der Waals surface area contributed by atoms with E-state index in [9.17, 15) is 9.90 Å². The Morgan fingerprint density at radius 2 is 2.00 bits per heavy atom. The molecule has 1 atom stereocenters. The second-order valence-corrected chi connectivity index (χ2v) is 7.20. The highest BCUT2D eigenvalue weighted by atomic mass is 16.3. The Labute approximate surface area is 144 Å². The van der Waals surface area contributed by atoms with Crippen molar-refractivity contribution in [3.63, 3.8) is 0 Å². The van der Waals surface area contributed by atoms with Crippen molar-refractivity contribution in [3.8, 4) is 5.75 Å². The molecule has 0 unspecified atom stereocenters. The van der Waals surface area contributed by atoms with Crippen molar-refractivity contribution in [1.29, 1.82) is 0 Å². The highest BCUT2D eigenvalue weighted by molar-refractivity contribution is 5.78. The van der Waals surface area contributed by atoms with E-state index in [1.807, 2.05) is 18.2 Å². The number of phenolic OH excluding ortho intramolecular Hbond substituents is 1. The summed E-state index contributed by atoms with van der Waals surface area (Å²) in [6, 6.07) is 7.47. The summed E-state index contributed by atoms with van der Waals surface area (Å²) in [7, 11) is 0. The number of hydrogen-bond acceptors (Lipinski definition) is 4. The molecule has 5 nitrogen and oxygen atoms in total. The fourth-order valence-corrected chi connectivity index (χ4v) is 3.77. The van der Waals surface area contributed by atoms with Crippen molar-refractivity contribution in [2.24, 2.45) is 5.92 Å². The molecule has 1 aromatic carbocycles. The van der Waals surface area contributed by atoms with Crippen molar-refractivity contribution in [2.75, 3.05) is 39.3 Å². The first-order valence-electron chi connectivity index (χ1n) is 9.18. The van der Waals surface area contributed by atoms with Crippen LogP contribution in [0.5, 0.6) is 5.75 Å². The normalized spacial score (nSPS) is 22.6. The standard InChI is InChI=1S/C19H29N3O2/c23-18-6-4-5-16(11-18)13-22-10-7-17(14-22)12-20-19(24)15-21-8-2-1-3-9-21/h4-6,11,17,23H,1-3,7-10,12-15H2,(H,20,24)/t17-/m1/s1. The Hall–Kier alpha value is -1.59. The van der Waals surface area contributed by atoms with Crippen molar-refractivity contribution in [3.05, 3.63) is 29.8 Å². The zero-order valence-electron chi connectivity index (χ0n) is 14.4. The predicted octanol–water partition coefficient (Wildman–Crippen LogP) is 1.82. The molecule has 24 heavy (non-hydrogen) atoms. The predicted molar refractivity (Wildman–Crippen MR) is 94.8 cm³/mol. The van der Waals surface area contributed by atoms with Gasteiger partial charge < -0.3 is 10.4 Å². The summed E-state index contributed by atoms with van der Waals surface area (Å²) in [6.45, 7) is 6.40. The number of benzene rings is 1. The van der Waals surface area contributed by atoms with Gasteiger partial charge in [0, 0.05) is 19.6 Å². The number of nitrogens with zero attached hydrogens (tertiary/aromatic N) is 2. The molecular weight excluding hydrogens is 302 g/mol. The molecule has 5 heteroatoms. The van der Waals surface area contributed by atoms with Crippen molar-refractivity contribution >= 4 is 5.91 Å². The van der Waals surface area contributed by atoms with Gasteiger partial charge in [-0.05, 0) is 62.5 Å². The SMILES string of the molecule is O=C(CN1CCCCC1)NC[C@H]1CCN(Cc2cccc(O)c2)C1. The molecule has 2 heterocycles. The number of rotatable bonds is 6. The number of carbonyl (C=O) groups excluding carboxylic acids is 1. The molecule has 0 bridgehead atoms. The van der Waals surface area contributed by atoms with E-state index < -0.39 is 0 Å². The van der Waals surface area contributed by atoms with E-state index >= 15 is 0 Å². The number of likely N-dealkylation sites (tertiary alicyclic amines) is 2. The molecule has 2 aliphatic rings. The van der Waals surface area contributed by atoms with E-state index in [2.05, 4.69) is 15.1 Å². The van der Waals surface area contributed by atoms with Crippen molar-refractivity contribution in [2.45, 2.75) is 32.2 Å². The summed E-state index contributed by atoms with van der Waals surface area (Å²) in [4.78, 5) is 16.7. The third-order valence-corrected chi connectivity index (χ3v) is 5.09. The Kier molecular flexibility index (Phi) is 6.10. The Morgan fingerprint density at radius 3 is 2.79 bits per heavy atom. The zero-order valence-corrected chi connectivity index (χ0v) is 14.4. The minimum atomic E-state index is 0.170. The third-order valence-electron chi connectivity index (χ3n) is 5.09. The van der Waals surface area contributed by atoms with Gasteiger partial charge in [0.15, 0.2) is 0 Å². The van der Waals surface area contributed by atoms with Crippen LogP contribution in [0.2, 0.25) is 0 Å². The number of phenols is 1. The van der Waals surface area contributed by atoms with Crippen molar-refractivity contribution < 1.29 is 9.90 Å². The number of piperidine rings is 1. The minimum absolute atomic E-state index is 0.170. The highest BCUT2D eigenvalue weighted by Crippen LogP contribution is 2.20. The van der Waals surface area contributed by atoms with E-state index in [4.69, 9.17) is 0 Å². The maximum absolute atomic E-state index is 12.1. The lowest BCUT2D eigenvalue weighted by Gasteiger charge is -2.25. The molecule has 132 valence electrons. The van der Waals surface area contributed by atoms with Crippen LogP contribution in [0, 0.1) is 5.92 Å². The van der Waals surface area contributed by atoms with Gasteiger partial charge in [-0.15, -0.1) is 0 Å². The lowest BCUT2D eigenvalue weighted by Crippen LogP contribution is -2.41. The molecule has 0 spiro atoms. The molecule has 0 aromatic heterocycles. The van der Waals surface area contributed by atoms with Gasteiger partial charge >= 0.3 is 0 Å². The average Bonchev–Trinajstić information content (AvgIpc) is 3.01. The largest absolute Gasteiger partial charge is 0.508 e. The van der Waals surface area contributed by atoms with Gasteiger partial charge in [0.05, 0.1) is 6.54 Å². The second kappa shape index (κ2) is 8.49. The highest BCUT2D eigenvalue weighted by Gasteiger charge is 2.23. The van der Waals surface area contributed by atoms with Crippen LogP contribution in [0.4, 0.5) is 0 Å². The first-order valence-corrected chi connectivity index (χ1v) is 9.18. The fourth-order valence-electron chi connectivity index (χ4n) is 3.77. The number of nitrogens with one attached hydrogen (secondary N) is 1. The summed E-state index contributed by atoms with van der Waals surface area (Å²) in [5.74, 6) is 1.03. The van der Waals surface area contributed by atoms with Crippen LogP contribution in [0.15, 0.2) is 24.3 Å². The summed E-state index contributed by atoms with van der Waals surface area (Å²) >= 11 is 0. The number of amides is 1. The van der Waals surface area contributed by atoms with Crippen LogP contribution in [0.3, 0.4) is 0 Å². The Balaban J connectivity index is 1.36. The molecule has 3 rings (SSSR count). The molecular formula is C19H29N3O2. The third kappa shape index (κ3) is 5.21. The smallest absolute Gasteiger partial charge is 0.234 e. The van der Waals surface area contributed by atoms with Crippen LogP contribution in [-0.4, -0.2) is 60.1 Å². The van der Waals surface area contributed by atoms with Crippen LogP contribution in [0.25, 0.3) is 0 Å². The average molecular weight is 331 g/mol. The van der Waals surface area contributed by atoms with E-state index in [1.165, 1.54) is 19.3 Å². The quantitative estimate of drug-likeness (QED) is 0.835. The molecule has 1 amide bonds. The van der Waals surface area contributed by atoms with E-state index in [1.54, 1.807) is 6.07 Å². The van der Waals surface area contributed by atoms with Crippen molar-refractivity contribution in [1.82, 2.24) is 15.1 Å². The molecule has 2 saturated heterocycles. The lowest BCUT2D eigenvalue weighted by molar-refractivity contribution is -0.122. The van der Waals surface area contributed by atoms with Crippen LogP contribution in [0.1, 0.15) is 31.2 Å². The lowest BCUT2D eigenvalue weighted by atomic mass is 10.1.